The zero-order chi connectivity index (χ0) is 11.2. The molecule has 0 aliphatic heterocycles. The fourth-order valence-electron chi connectivity index (χ4n) is 0.852. The normalized spacial score (nSPS) is 11.7. The zero-order valence-corrected chi connectivity index (χ0v) is 9.86. The van der Waals surface area contributed by atoms with E-state index in [-0.39, 0.29) is 23.3 Å². The van der Waals surface area contributed by atoms with Gasteiger partial charge in [0.1, 0.15) is 9.84 Å². The Morgan fingerprint density at radius 1 is 1.36 bits per heavy atom. The molecule has 0 radical (unpaired) electrons. The largest absolute Gasteiger partial charge is 0.356 e. The van der Waals surface area contributed by atoms with Crippen molar-refractivity contribution in [2.24, 2.45) is 5.92 Å². The van der Waals surface area contributed by atoms with Crippen LogP contribution in [0.3, 0.4) is 0 Å². The zero-order valence-electron chi connectivity index (χ0n) is 9.04. The van der Waals surface area contributed by atoms with E-state index in [0.29, 0.717) is 13.0 Å². The Labute approximate surface area is 86.0 Å². The maximum absolute atomic E-state index is 11.1. The van der Waals surface area contributed by atoms with Gasteiger partial charge >= 0.3 is 0 Å². The van der Waals surface area contributed by atoms with Crippen molar-refractivity contribution >= 4 is 15.7 Å². The van der Waals surface area contributed by atoms with Gasteiger partial charge in [-0.2, -0.15) is 0 Å². The molecule has 1 N–H and O–H groups in total. The smallest absolute Gasteiger partial charge is 0.222 e. The molecule has 14 heavy (non-hydrogen) atoms. The van der Waals surface area contributed by atoms with E-state index in [1.165, 1.54) is 0 Å². The summed E-state index contributed by atoms with van der Waals surface area (Å²) in [7, 11) is -2.89. The van der Waals surface area contributed by atoms with Gasteiger partial charge in [-0.25, -0.2) is 8.42 Å². The Morgan fingerprint density at radius 2 is 1.93 bits per heavy atom. The number of hydrogen-bond donors (Lipinski definition) is 1. The molecule has 0 aliphatic rings. The minimum atomic E-state index is -2.89. The second-order valence-corrected chi connectivity index (χ2v) is 6.01. The van der Waals surface area contributed by atoms with Gasteiger partial charge in [-0.15, -0.1) is 0 Å². The van der Waals surface area contributed by atoms with Crippen LogP contribution in [0, 0.1) is 5.92 Å². The molecule has 5 heteroatoms. The Hall–Kier alpha value is -0.580. The lowest BCUT2D eigenvalue weighted by atomic mass is 10.2. The number of nitrogens with one attached hydrogen (secondary N) is 1. The minimum Gasteiger partial charge on any atom is -0.356 e. The first-order valence-electron chi connectivity index (χ1n) is 4.87. The Kier molecular flexibility index (Phi) is 5.76. The van der Waals surface area contributed by atoms with Crippen molar-refractivity contribution in [2.45, 2.75) is 27.2 Å². The molecule has 84 valence electrons. The van der Waals surface area contributed by atoms with E-state index < -0.39 is 9.84 Å². The van der Waals surface area contributed by atoms with Crippen molar-refractivity contribution in [2.75, 3.05) is 18.1 Å². The van der Waals surface area contributed by atoms with Crippen molar-refractivity contribution in [3.8, 4) is 0 Å². The summed E-state index contributed by atoms with van der Waals surface area (Å²) in [6, 6.07) is 0. The molecule has 0 fully saturated rings. The molecule has 0 unspecified atom stereocenters. The molecule has 0 atom stereocenters. The second-order valence-electron chi connectivity index (χ2n) is 3.54. The van der Waals surface area contributed by atoms with Gasteiger partial charge in [0, 0.05) is 18.2 Å². The molecule has 1 amide bonds. The van der Waals surface area contributed by atoms with Crippen molar-refractivity contribution < 1.29 is 13.2 Å². The third-order valence-electron chi connectivity index (χ3n) is 1.90. The first-order chi connectivity index (χ1) is 6.39. The topological polar surface area (TPSA) is 63.2 Å². The highest BCUT2D eigenvalue weighted by molar-refractivity contribution is 7.91. The Balaban J connectivity index is 3.63. The van der Waals surface area contributed by atoms with Gasteiger partial charge in [-0.05, 0) is 6.42 Å². The summed E-state index contributed by atoms with van der Waals surface area (Å²) in [4.78, 5) is 11.1. The summed E-state index contributed by atoms with van der Waals surface area (Å²) in [5, 5.41) is 2.68. The predicted octanol–water partition coefficient (Wildman–Crippen LogP) is 0.583. The molecule has 0 saturated heterocycles. The molecule has 0 bridgehead atoms. The van der Waals surface area contributed by atoms with Gasteiger partial charge < -0.3 is 5.32 Å². The number of amides is 1. The maximum atomic E-state index is 11.1. The molecule has 0 rings (SSSR count). The van der Waals surface area contributed by atoms with Crippen LogP contribution in [0.2, 0.25) is 0 Å². The van der Waals surface area contributed by atoms with Crippen LogP contribution in [0.15, 0.2) is 0 Å². The van der Waals surface area contributed by atoms with Crippen LogP contribution in [0.1, 0.15) is 27.2 Å². The molecule has 0 aromatic rings. The summed E-state index contributed by atoms with van der Waals surface area (Å²) in [6.07, 6.45) is 0.495. The van der Waals surface area contributed by atoms with Gasteiger partial charge in [0.05, 0.1) is 5.75 Å². The van der Waals surface area contributed by atoms with Gasteiger partial charge in [0.2, 0.25) is 5.91 Å². The molecule has 0 spiro atoms. The number of rotatable bonds is 6. The molecule has 0 heterocycles. The summed E-state index contributed by atoms with van der Waals surface area (Å²) in [6.45, 7) is 5.68. The third kappa shape index (κ3) is 5.96. The second kappa shape index (κ2) is 6.01. The number of sulfone groups is 1. The molecule has 0 aromatic carbocycles. The highest BCUT2D eigenvalue weighted by atomic mass is 32.2. The average Bonchev–Trinajstić information content (AvgIpc) is 2.12. The maximum Gasteiger partial charge on any atom is 0.222 e. The Bertz CT molecular complexity index is 270. The van der Waals surface area contributed by atoms with Gasteiger partial charge in [0.15, 0.2) is 0 Å². The molecule has 0 aliphatic carbocycles. The Morgan fingerprint density at radius 3 is 2.36 bits per heavy atom. The molecule has 4 nitrogen and oxygen atoms in total. The van der Waals surface area contributed by atoms with Crippen molar-refractivity contribution in [3.05, 3.63) is 0 Å². The van der Waals surface area contributed by atoms with Crippen molar-refractivity contribution in [1.82, 2.24) is 5.32 Å². The number of carbonyl (C=O) groups excluding carboxylic acids is 1. The van der Waals surface area contributed by atoms with Crippen LogP contribution >= 0.6 is 0 Å². The molecule has 0 saturated carbocycles. The highest BCUT2D eigenvalue weighted by Crippen LogP contribution is 1.94. The standard InChI is InChI=1S/C9H19NO3S/c1-4-14(12,13)7-5-6-10-9(11)8(2)3/h8H,4-7H2,1-3H3,(H,10,11). The van der Waals surface area contributed by atoms with E-state index >= 15 is 0 Å². The summed E-state index contributed by atoms with van der Waals surface area (Å²) in [5.41, 5.74) is 0. The van der Waals surface area contributed by atoms with Crippen LogP contribution in [0.5, 0.6) is 0 Å². The van der Waals surface area contributed by atoms with Gasteiger partial charge in [-0.1, -0.05) is 20.8 Å². The predicted molar refractivity (Wildman–Crippen MR) is 56.8 cm³/mol. The lowest BCUT2D eigenvalue weighted by Gasteiger charge is -2.07. The lowest BCUT2D eigenvalue weighted by molar-refractivity contribution is -0.123. The van der Waals surface area contributed by atoms with E-state index in [2.05, 4.69) is 5.32 Å². The summed E-state index contributed by atoms with van der Waals surface area (Å²) in [5.74, 6) is 0.254. The SMILES string of the molecule is CCS(=O)(=O)CCCNC(=O)C(C)C. The first-order valence-corrected chi connectivity index (χ1v) is 6.69. The van der Waals surface area contributed by atoms with Crippen LogP contribution in [-0.4, -0.2) is 32.4 Å². The molecular weight excluding hydrogens is 202 g/mol. The first kappa shape index (κ1) is 13.4. The molecule has 0 aromatic heterocycles. The fourth-order valence-corrected chi connectivity index (χ4v) is 1.72. The van der Waals surface area contributed by atoms with E-state index in [1.807, 2.05) is 0 Å². The van der Waals surface area contributed by atoms with E-state index in [1.54, 1.807) is 20.8 Å². The number of carbonyl (C=O) groups is 1. The van der Waals surface area contributed by atoms with Gasteiger partial charge in [-0.3, -0.25) is 4.79 Å². The van der Waals surface area contributed by atoms with Crippen LogP contribution in [0.4, 0.5) is 0 Å². The van der Waals surface area contributed by atoms with Crippen molar-refractivity contribution in [3.63, 3.8) is 0 Å². The fraction of sp³-hybridized carbons (Fsp3) is 0.889. The average molecular weight is 221 g/mol. The molecular formula is C9H19NO3S. The number of hydrogen-bond acceptors (Lipinski definition) is 3. The third-order valence-corrected chi connectivity index (χ3v) is 3.69. The van der Waals surface area contributed by atoms with Crippen LogP contribution in [0.25, 0.3) is 0 Å². The lowest BCUT2D eigenvalue weighted by Crippen LogP contribution is -2.29. The van der Waals surface area contributed by atoms with Crippen LogP contribution in [-0.2, 0) is 14.6 Å². The quantitative estimate of drug-likeness (QED) is 0.667. The summed E-state index contributed by atoms with van der Waals surface area (Å²) < 4.78 is 22.1. The minimum absolute atomic E-state index is 0.0288. The summed E-state index contributed by atoms with van der Waals surface area (Å²) >= 11 is 0. The van der Waals surface area contributed by atoms with Gasteiger partial charge in [0.25, 0.3) is 0 Å². The van der Waals surface area contributed by atoms with E-state index in [0.717, 1.165) is 0 Å². The van der Waals surface area contributed by atoms with Crippen LogP contribution < -0.4 is 5.32 Å². The highest BCUT2D eigenvalue weighted by Gasteiger charge is 2.08. The van der Waals surface area contributed by atoms with E-state index in [4.69, 9.17) is 0 Å². The van der Waals surface area contributed by atoms with Crippen molar-refractivity contribution in [1.29, 1.82) is 0 Å². The van der Waals surface area contributed by atoms with E-state index in [9.17, 15) is 13.2 Å². The monoisotopic (exact) mass is 221 g/mol.